The Balaban J connectivity index is 2.21. The second-order valence-electron chi connectivity index (χ2n) is 31.5. The molecule has 0 unspecified atom stereocenters. The lowest BCUT2D eigenvalue weighted by molar-refractivity contribution is -0.142. The topological polar surface area (TPSA) is 820 Å². The fourth-order valence-corrected chi connectivity index (χ4v) is 15.0. The van der Waals surface area contributed by atoms with Crippen LogP contribution < -0.4 is 47.9 Å². The minimum atomic E-state index is -2.26. The molecule has 0 fully saturated rings. The van der Waals surface area contributed by atoms with E-state index in [0.717, 1.165) is 29.2 Å². The van der Waals surface area contributed by atoms with E-state index >= 15 is 9.59 Å². The molecule has 29 N–H and O–H groups in total. The standard InChI is InChI=1S/C82H121N9O38S2/c1-39(95)87-49(13-20-68(110)111)54(96)26-40(10-17-64(106)84-31-58(100)72(118)75(121)61(103)34-92)78(124)88-50(14-21-69(112)113)55(97)27-41(11-18-65(107)85-32-59(101)73(119)76(122)62(104)35-93)79(125)89-51(15-22-70(114)115)56(98)28-42(12-19-66(108)86-33-60(102)74(120)77(123)63(105)36-94)80(126)90-52(16-23-71(116)117)57(99)29-43(81(127)91-53(37-130)82(128)129)30-83-67(109)24-25-131-38-48-46-8-4-2-6-44(46)45-7-3-5-9-47(45)48/h2-9,40-43,48-53,58-63,72-77,92-94,100-105,118-123,130H,10-38H2,1H3,(H,83,109)(H,84,106)(H,85,107)(H,86,108)(H,87,95)(H,88,124)(H,89,125)(H,90,126)(H,91,127)(H,110,111)(H,112,113)(H,114,115)(H,116,117)(H,128,129)/t40-,41-,42-,43+,49+,50+,51+,52+,53+,58+,59+,60+,61-,62-,63-,72-,73-,74-,75-,76-,77-/m1/s1. The molecule has 1 aliphatic rings. The maximum absolute atomic E-state index is 15.1. The van der Waals surface area contributed by atoms with Gasteiger partial charge in [0.15, 0.2) is 23.1 Å². The summed E-state index contributed by atoms with van der Waals surface area (Å²) in [6.07, 6.45) is -42.5. The minimum Gasteiger partial charge on any atom is -0.481 e. The molecule has 49 heteroatoms. The quantitative estimate of drug-likeness (QED) is 0.0216. The van der Waals surface area contributed by atoms with Gasteiger partial charge in [-0.15, -0.1) is 0 Å². The molecule has 9 amide bonds. The molecule has 0 bridgehead atoms. The van der Waals surface area contributed by atoms with Gasteiger partial charge in [0.05, 0.1) is 68.2 Å². The molecule has 2 aromatic carbocycles. The van der Waals surface area contributed by atoms with Crippen molar-refractivity contribution in [2.75, 3.05) is 63.3 Å². The van der Waals surface area contributed by atoms with Gasteiger partial charge in [-0.3, -0.25) is 81.5 Å². The molecular weight excluding hydrogens is 1780 g/mol. The number of carboxylic acid groups (broad SMARTS) is 5. The number of ketones is 4. The molecule has 0 radical (unpaired) electrons. The monoisotopic (exact) mass is 1900 g/mol. The van der Waals surface area contributed by atoms with Crippen molar-refractivity contribution in [1.29, 1.82) is 0 Å². The lowest BCUT2D eigenvalue weighted by atomic mass is 9.88. The number of rotatable bonds is 69. The van der Waals surface area contributed by atoms with E-state index in [1.54, 1.807) is 0 Å². The van der Waals surface area contributed by atoms with Gasteiger partial charge in [0.2, 0.25) is 53.2 Å². The third-order valence-electron chi connectivity index (χ3n) is 21.5. The van der Waals surface area contributed by atoms with Crippen molar-refractivity contribution in [2.45, 2.75) is 238 Å². The largest absolute Gasteiger partial charge is 0.481 e. The van der Waals surface area contributed by atoms with E-state index < -0.39 is 401 Å². The van der Waals surface area contributed by atoms with Crippen molar-refractivity contribution in [3.63, 3.8) is 0 Å². The summed E-state index contributed by atoms with van der Waals surface area (Å²) in [7, 11) is 0. The molecule has 21 atom stereocenters. The highest BCUT2D eigenvalue weighted by Gasteiger charge is 2.41. The van der Waals surface area contributed by atoms with Crippen LogP contribution in [0, 0.1) is 23.7 Å². The van der Waals surface area contributed by atoms with Gasteiger partial charge in [-0.1, -0.05) is 48.5 Å². The number of carboxylic acids is 5. The number of hydrogen-bond acceptors (Lipinski definition) is 35. The zero-order valence-corrected chi connectivity index (χ0v) is 73.2. The average molecular weight is 1910 g/mol. The Bertz CT molecular complexity index is 4130. The second kappa shape index (κ2) is 59.3. The zero-order valence-electron chi connectivity index (χ0n) is 71.5. The highest BCUT2D eigenvalue weighted by atomic mass is 32.2. The molecule has 2 aromatic rings. The number of carbonyl (C=O) groups is 18. The fraction of sp³-hybridized carbons (Fsp3) is 0.634. The molecular formula is C82H121N9O38S2. The molecule has 47 nitrogen and oxygen atoms in total. The lowest BCUT2D eigenvalue weighted by Crippen LogP contribution is -2.50. The zero-order chi connectivity index (χ0) is 98.6. The summed E-state index contributed by atoms with van der Waals surface area (Å²) in [6, 6.07) is 5.96. The highest BCUT2D eigenvalue weighted by Crippen LogP contribution is 2.46. The van der Waals surface area contributed by atoms with Crippen LogP contribution in [0.15, 0.2) is 48.5 Å². The van der Waals surface area contributed by atoms with E-state index in [9.17, 15) is 179 Å². The summed E-state index contributed by atoms with van der Waals surface area (Å²) in [5.41, 5.74) is 4.25. The van der Waals surface area contributed by atoms with Crippen LogP contribution in [0.1, 0.15) is 146 Å². The molecule has 131 heavy (non-hydrogen) atoms. The molecule has 0 aliphatic heterocycles. The molecule has 3 rings (SSSR count). The van der Waals surface area contributed by atoms with Crippen molar-refractivity contribution >= 4 is 131 Å². The van der Waals surface area contributed by atoms with E-state index in [1.807, 2.05) is 48.5 Å². The molecule has 0 saturated heterocycles. The van der Waals surface area contributed by atoms with Crippen molar-refractivity contribution in [2.24, 2.45) is 23.7 Å². The Labute approximate surface area is 759 Å². The third-order valence-corrected chi connectivity index (χ3v) is 22.9. The number of benzene rings is 2. The van der Waals surface area contributed by atoms with Crippen molar-refractivity contribution in [3.05, 3.63) is 59.7 Å². The summed E-state index contributed by atoms with van der Waals surface area (Å²) < 4.78 is 0. The summed E-state index contributed by atoms with van der Waals surface area (Å²) in [6.45, 7) is -5.85. The molecule has 1 aliphatic carbocycles. The SMILES string of the molecule is CC(=O)N[C@@H](CCC(=O)O)C(=O)C[C@@H](CCC(=O)NC[C@H](O)[C@@H](O)[C@H](O)[C@H](O)CO)C(=O)N[C@@H](CCC(=O)O)C(=O)C[C@@H](CCC(=O)NC[C@H](O)[C@@H](O)[C@H](O)[C@H](O)CO)C(=O)N[C@@H](CCC(=O)O)C(=O)C[C@@H](CCC(=O)NC[C@H](O)[C@@H](O)[C@H](O)[C@H](O)CO)C(=O)N[C@@H](CCC(=O)O)C(=O)C[C@@H](CNC(=O)CCSCC1c2ccccc2-c2ccccc21)C(=O)N[C@@H](CS)C(=O)O. The lowest BCUT2D eigenvalue weighted by Gasteiger charge is -2.27. The van der Waals surface area contributed by atoms with E-state index in [4.69, 9.17) is 0 Å². The van der Waals surface area contributed by atoms with E-state index in [0.29, 0.717) is 5.75 Å². The smallest absolute Gasteiger partial charge is 0.327 e. The first-order chi connectivity index (χ1) is 61.7. The number of hydrogen-bond donors (Lipinski definition) is 30. The van der Waals surface area contributed by atoms with E-state index in [2.05, 4.69) is 60.5 Å². The van der Waals surface area contributed by atoms with Gasteiger partial charge in [0.25, 0.3) is 0 Å². The van der Waals surface area contributed by atoms with Gasteiger partial charge < -0.3 is 150 Å². The first kappa shape index (κ1) is 115. The summed E-state index contributed by atoms with van der Waals surface area (Å²) >= 11 is 5.41. The molecule has 734 valence electrons. The number of fused-ring (bicyclic) bond motifs is 3. The normalized spacial score (nSPS) is 16.6. The summed E-state index contributed by atoms with van der Waals surface area (Å²) in [5, 5.41) is 220. The Hall–Kier alpha value is -10.2. The number of aliphatic carboxylic acids is 5. The summed E-state index contributed by atoms with van der Waals surface area (Å²) in [4.78, 5) is 244. The molecule has 0 spiro atoms. The number of aliphatic hydroxyl groups excluding tert-OH is 15. The van der Waals surface area contributed by atoms with Crippen molar-refractivity contribution in [3.8, 4) is 11.1 Å². The van der Waals surface area contributed by atoms with Gasteiger partial charge >= 0.3 is 29.8 Å². The predicted octanol–water partition coefficient (Wildman–Crippen LogP) is -8.75. The fourth-order valence-electron chi connectivity index (χ4n) is 13.7. The Morgan fingerprint density at radius 2 is 0.603 bits per heavy atom. The summed E-state index contributed by atoms with van der Waals surface area (Å²) in [5.74, 6) is -30.6. The first-order valence-corrected chi connectivity index (χ1v) is 43.6. The van der Waals surface area contributed by atoms with Crippen LogP contribution in [0.5, 0.6) is 0 Å². The maximum Gasteiger partial charge on any atom is 0.327 e. The van der Waals surface area contributed by atoms with Crippen LogP contribution in [-0.2, 0) is 86.3 Å². The van der Waals surface area contributed by atoms with Gasteiger partial charge in [0.1, 0.15) is 61.0 Å². The first-order valence-electron chi connectivity index (χ1n) is 41.8. The maximum atomic E-state index is 15.1. The van der Waals surface area contributed by atoms with E-state index in [1.165, 1.54) is 11.8 Å². The highest BCUT2D eigenvalue weighted by molar-refractivity contribution is 7.99. The Kier molecular flexibility index (Phi) is 52.1. The number of aliphatic hydroxyl groups is 15. The number of nitrogens with one attached hydrogen (secondary N) is 9. The number of carbonyl (C=O) groups excluding carboxylic acids is 13. The molecule has 0 heterocycles. The molecule has 0 aromatic heterocycles. The van der Waals surface area contributed by atoms with Gasteiger partial charge in [-0.05, 0) is 67.2 Å². The van der Waals surface area contributed by atoms with E-state index in [-0.39, 0.29) is 18.1 Å². The number of thioether (sulfide) groups is 1. The predicted molar refractivity (Wildman–Crippen MR) is 455 cm³/mol. The van der Waals surface area contributed by atoms with Crippen LogP contribution in [0.2, 0.25) is 0 Å². The van der Waals surface area contributed by atoms with Crippen LogP contribution in [-0.4, -0.2) is 375 Å². The second-order valence-corrected chi connectivity index (χ2v) is 33.0. The van der Waals surface area contributed by atoms with Crippen molar-refractivity contribution < 1.29 is 188 Å². The number of Topliss-reactive ketones (excluding diaryl/α,β-unsaturated/α-hetero) is 4. The van der Waals surface area contributed by atoms with Gasteiger partial charge in [-0.25, -0.2) is 4.79 Å². The minimum absolute atomic E-state index is 0.0334. The van der Waals surface area contributed by atoms with Gasteiger partial charge in [0, 0.05) is 151 Å². The van der Waals surface area contributed by atoms with Crippen molar-refractivity contribution in [1.82, 2.24) is 47.9 Å². The number of amides is 9. The van der Waals surface area contributed by atoms with Crippen LogP contribution >= 0.6 is 24.4 Å². The third kappa shape index (κ3) is 40.8. The Morgan fingerprint density at radius 1 is 0.336 bits per heavy atom. The number of thiol groups is 1. The van der Waals surface area contributed by atoms with Crippen LogP contribution in [0.3, 0.4) is 0 Å². The Morgan fingerprint density at radius 3 is 0.893 bits per heavy atom. The van der Waals surface area contributed by atoms with Crippen LogP contribution in [0.4, 0.5) is 0 Å². The average Bonchev–Trinajstić information content (AvgIpc) is 1.61. The van der Waals surface area contributed by atoms with Gasteiger partial charge in [-0.2, -0.15) is 24.4 Å². The molecule has 0 saturated carbocycles. The van der Waals surface area contributed by atoms with Crippen LogP contribution in [0.25, 0.3) is 11.1 Å².